The van der Waals surface area contributed by atoms with Crippen LogP contribution in [-0.4, -0.2) is 32.0 Å². The number of nitrogens with zero attached hydrogens (tertiary/aromatic N) is 1. The topological polar surface area (TPSA) is 57.2 Å². The van der Waals surface area contributed by atoms with Gasteiger partial charge in [0.15, 0.2) is 11.5 Å². The number of ether oxygens (including phenoxy) is 3. The summed E-state index contributed by atoms with van der Waals surface area (Å²) < 4.78 is 16.7. The lowest BCUT2D eigenvalue weighted by atomic mass is 9.62. The molecule has 0 spiro atoms. The van der Waals surface area contributed by atoms with Crippen LogP contribution in [0.2, 0.25) is 0 Å². The number of rotatable bonds is 4. The highest BCUT2D eigenvalue weighted by molar-refractivity contribution is 5.74. The molecule has 130 valence electrons. The van der Waals surface area contributed by atoms with E-state index in [2.05, 4.69) is 6.92 Å². The van der Waals surface area contributed by atoms with Gasteiger partial charge in [-0.1, -0.05) is 24.3 Å². The van der Waals surface area contributed by atoms with Crippen LogP contribution in [0.1, 0.15) is 24.1 Å². The minimum Gasteiger partial charge on any atom is -0.493 e. The minimum atomic E-state index is -0.560. The van der Waals surface area contributed by atoms with Gasteiger partial charge < -0.3 is 14.2 Å². The molecule has 2 aliphatic rings. The predicted octanol–water partition coefficient (Wildman–Crippen LogP) is 3.46. The standard InChI is InChI=1S/C19H19NO5/c1-19-11-24-16-14(22-2)10-9-13(15(16)19)17(19)20(23-3)18(21)25-12-7-5-4-6-8-12/h4-10,17H,11H2,1-3H3/t17-,19?/m0/s1. The molecule has 1 unspecified atom stereocenters. The van der Waals surface area contributed by atoms with Crippen LogP contribution < -0.4 is 14.2 Å². The van der Waals surface area contributed by atoms with E-state index in [1.54, 1.807) is 19.2 Å². The van der Waals surface area contributed by atoms with Gasteiger partial charge >= 0.3 is 6.09 Å². The van der Waals surface area contributed by atoms with Crippen molar-refractivity contribution in [1.29, 1.82) is 0 Å². The Morgan fingerprint density at radius 1 is 1.20 bits per heavy atom. The van der Waals surface area contributed by atoms with E-state index >= 15 is 0 Å². The van der Waals surface area contributed by atoms with E-state index in [1.807, 2.05) is 30.3 Å². The Morgan fingerprint density at radius 3 is 2.64 bits per heavy atom. The summed E-state index contributed by atoms with van der Waals surface area (Å²) in [7, 11) is 3.08. The number of carbonyl (C=O) groups excluding carboxylic acids is 1. The first-order valence-corrected chi connectivity index (χ1v) is 8.04. The molecule has 25 heavy (non-hydrogen) atoms. The van der Waals surface area contributed by atoms with E-state index in [0.717, 1.165) is 16.9 Å². The molecule has 0 saturated carbocycles. The van der Waals surface area contributed by atoms with Gasteiger partial charge in [0.05, 0.1) is 19.6 Å². The molecule has 2 atom stereocenters. The third-order valence-electron chi connectivity index (χ3n) is 4.92. The molecule has 2 aromatic carbocycles. The lowest BCUT2D eigenvalue weighted by Gasteiger charge is -2.47. The van der Waals surface area contributed by atoms with Gasteiger partial charge in [-0.3, -0.25) is 4.84 Å². The van der Waals surface area contributed by atoms with Crippen LogP contribution in [0.4, 0.5) is 4.79 Å². The number of benzene rings is 2. The van der Waals surface area contributed by atoms with Crippen molar-refractivity contribution in [1.82, 2.24) is 5.06 Å². The van der Waals surface area contributed by atoms with E-state index in [1.165, 1.54) is 12.2 Å². The van der Waals surface area contributed by atoms with Crippen LogP contribution in [0, 0.1) is 0 Å². The van der Waals surface area contributed by atoms with Crippen molar-refractivity contribution >= 4 is 6.09 Å². The van der Waals surface area contributed by atoms with Crippen molar-refractivity contribution in [2.24, 2.45) is 0 Å². The lowest BCUT2D eigenvalue weighted by Crippen LogP contribution is -2.52. The normalized spacial score (nSPS) is 22.4. The maximum atomic E-state index is 12.6. The quantitative estimate of drug-likeness (QED) is 0.797. The highest BCUT2D eigenvalue weighted by Crippen LogP contribution is 2.62. The molecule has 0 aromatic heterocycles. The van der Waals surface area contributed by atoms with Crippen molar-refractivity contribution in [3.63, 3.8) is 0 Å². The van der Waals surface area contributed by atoms with Crippen LogP contribution in [0.15, 0.2) is 42.5 Å². The number of hydrogen-bond donors (Lipinski definition) is 0. The first kappa shape index (κ1) is 15.8. The van der Waals surface area contributed by atoms with Gasteiger partial charge in [-0.2, -0.15) is 5.06 Å². The molecule has 0 fully saturated rings. The molecule has 1 aliphatic carbocycles. The fraction of sp³-hybridized carbons (Fsp3) is 0.316. The first-order chi connectivity index (χ1) is 12.1. The van der Waals surface area contributed by atoms with Gasteiger partial charge in [0.2, 0.25) is 0 Å². The third-order valence-corrected chi connectivity index (χ3v) is 4.92. The summed E-state index contributed by atoms with van der Waals surface area (Å²) in [6.45, 7) is 2.51. The maximum Gasteiger partial charge on any atom is 0.440 e. The molecule has 6 nitrogen and oxygen atoms in total. The molecule has 0 N–H and O–H groups in total. The van der Waals surface area contributed by atoms with Gasteiger partial charge in [-0.15, -0.1) is 0 Å². The molecule has 0 bridgehead atoms. The van der Waals surface area contributed by atoms with E-state index in [0.29, 0.717) is 18.1 Å². The zero-order valence-corrected chi connectivity index (χ0v) is 14.3. The number of methoxy groups -OCH3 is 1. The average Bonchev–Trinajstić information content (AvgIpc) is 2.96. The SMILES string of the molecule is COc1ccc2c3c1OCC3(C)[C@H]2N(OC)C(=O)Oc1ccccc1. The number of hydrogen-bond acceptors (Lipinski definition) is 5. The summed E-state index contributed by atoms with van der Waals surface area (Å²) in [5.74, 6) is 1.93. The molecular formula is C19H19NO5. The second-order valence-electron chi connectivity index (χ2n) is 6.36. The smallest absolute Gasteiger partial charge is 0.440 e. The average molecular weight is 341 g/mol. The summed E-state index contributed by atoms with van der Waals surface area (Å²) in [4.78, 5) is 18.0. The van der Waals surface area contributed by atoms with Gasteiger partial charge in [-0.25, -0.2) is 4.79 Å². The fourth-order valence-electron chi connectivity index (χ4n) is 3.78. The predicted molar refractivity (Wildman–Crippen MR) is 89.9 cm³/mol. The molecule has 2 aromatic rings. The van der Waals surface area contributed by atoms with Gasteiger partial charge in [0.1, 0.15) is 18.4 Å². The van der Waals surface area contributed by atoms with Crippen LogP contribution >= 0.6 is 0 Å². The molecule has 0 radical (unpaired) electrons. The van der Waals surface area contributed by atoms with Crippen LogP contribution in [0.5, 0.6) is 17.2 Å². The van der Waals surface area contributed by atoms with Crippen LogP contribution in [0.25, 0.3) is 0 Å². The molecule has 6 heteroatoms. The minimum absolute atomic E-state index is 0.282. The number of para-hydroxylation sites is 1. The molecule has 0 saturated heterocycles. The van der Waals surface area contributed by atoms with Crippen LogP contribution in [0.3, 0.4) is 0 Å². The third kappa shape index (κ3) is 2.17. The van der Waals surface area contributed by atoms with Gasteiger partial charge in [0.25, 0.3) is 0 Å². The van der Waals surface area contributed by atoms with Crippen molar-refractivity contribution in [2.45, 2.75) is 18.4 Å². The van der Waals surface area contributed by atoms with Crippen LogP contribution in [-0.2, 0) is 10.3 Å². The summed E-state index contributed by atoms with van der Waals surface area (Å²) in [5, 5.41) is 1.28. The fourth-order valence-corrected chi connectivity index (χ4v) is 3.78. The highest BCUT2D eigenvalue weighted by Gasteiger charge is 2.59. The second-order valence-corrected chi connectivity index (χ2v) is 6.36. The molecule has 1 amide bonds. The highest BCUT2D eigenvalue weighted by atomic mass is 16.7. The zero-order chi connectivity index (χ0) is 17.6. The summed E-state index contributed by atoms with van der Waals surface area (Å²) in [6.07, 6.45) is -0.560. The Labute approximate surface area is 145 Å². The Balaban J connectivity index is 1.65. The van der Waals surface area contributed by atoms with E-state index in [9.17, 15) is 4.79 Å². The Kier molecular flexibility index (Phi) is 3.58. The molecular weight excluding hydrogens is 322 g/mol. The Bertz CT molecular complexity index is 822. The number of amides is 1. The molecule has 1 heterocycles. The number of hydroxylamine groups is 2. The monoisotopic (exact) mass is 341 g/mol. The van der Waals surface area contributed by atoms with E-state index in [4.69, 9.17) is 19.0 Å². The van der Waals surface area contributed by atoms with Crippen molar-refractivity contribution < 1.29 is 23.8 Å². The summed E-state index contributed by atoms with van der Waals surface area (Å²) in [6, 6.07) is 12.4. The van der Waals surface area contributed by atoms with Crippen molar-refractivity contribution in [3.05, 3.63) is 53.6 Å². The van der Waals surface area contributed by atoms with Gasteiger partial charge in [0, 0.05) is 5.56 Å². The maximum absolute atomic E-state index is 12.6. The summed E-state index contributed by atoms with van der Waals surface area (Å²) in [5.41, 5.74) is 1.71. The van der Waals surface area contributed by atoms with Crippen molar-refractivity contribution in [2.75, 3.05) is 20.8 Å². The Hall–Kier alpha value is -2.73. The summed E-state index contributed by atoms with van der Waals surface area (Å²) >= 11 is 0. The lowest BCUT2D eigenvalue weighted by molar-refractivity contribution is -0.156. The van der Waals surface area contributed by atoms with Crippen molar-refractivity contribution in [3.8, 4) is 17.2 Å². The largest absolute Gasteiger partial charge is 0.493 e. The van der Waals surface area contributed by atoms with E-state index in [-0.39, 0.29) is 11.5 Å². The van der Waals surface area contributed by atoms with Gasteiger partial charge in [-0.05, 0) is 30.7 Å². The molecule has 4 rings (SSSR count). The van der Waals surface area contributed by atoms with E-state index < -0.39 is 6.09 Å². The first-order valence-electron chi connectivity index (χ1n) is 8.04. The zero-order valence-electron chi connectivity index (χ0n) is 14.3. The molecule has 1 aliphatic heterocycles. The second kappa shape index (κ2) is 5.67. The Morgan fingerprint density at radius 2 is 1.96 bits per heavy atom. The number of carbonyl (C=O) groups is 1.